The van der Waals surface area contributed by atoms with Crippen molar-refractivity contribution in [3.05, 3.63) is 35.7 Å². The van der Waals surface area contributed by atoms with E-state index in [1.165, 1.54) is 5.56 Å². The summed E-state index contributed by atoms with van der Waals surface area (Å²) in [5, 5.41) is 4.51. The second-order valence-electron chi connectivity index (χ2n) is 6.08. The van der Waals surface area contributed by atoms with Crippen LogP contribution in [0.3, 0.4) is 0 Å². The zero-order valence-corrected chi connectivity index (χ0v) is 11.9. The summed E-state index contributed by atoms with van der Waals surface area (Å²) in [6, 6.07) is 8.31. The van der Waals surface area contributed by atoms with Gasteiger partial charge in [-0.3, -0.25) is 4.68 Å². The number of hydrogen-bond acceptors (Lipinski definition) is 2. The van der Waals surface area contributed by atoms with E-state index in [4.69, 9.17) is 0 Å². The van der Waals surface area contributed by atoms with E-state index < -0.39 is 0 Å². The average Bonchev–Trinajstić information content (AvgIpc) is 2.58. The van der Waals surface area contributed by atoms with Crippen molar-refractivity contribution < 1.29 is 0 Å². The van der Waals surface area contributed by atoms with E-state index in [2.05, 4.69) is 56.0 Å². The largest absolute Gasteiger partial charge is 0.252 e. The van der Waals surface area contributed by atoms with E-state index in [1.54, 1.807) is 0 Å². The lowest BCUT2D eigenvalue weighted by Gasteiger charge is -2.16. The molecule has 0 saturated carbocycles. The van der Waals surface area contributed by atoms with Crippen molar-refractivity contribution in [1.82, 2.24) is 14.8 Å². The Kier molecular flexibility index (Phi) is 3.24. The molecule has 18 heavy (non-hydrogen) atoms. The number of aromatic nitrogens is 3. The van der Waals surface area contributed by atoms with Crippen LogP contribution in [0.5, 0.6) is 0 Å². The highest BCUT2D eigenvalue weighted by Gasteiger charge is 2.17. The van der Waals surface area contributed by atoms with Crippen LogP contribution in [0.4, 0.5) is 0 Å². The average molecular weight is 243 g/mol. The Morgan fingerprint density at radius 3 is 2.56 bits per heavy atom. The summed E-state index contributed by atoms with van der Waals surface area (Å²) in [6.45, 7) is 8.73. The molecule has 3 nitrogen and oxygen atoms in total. The predicted octanol–water partition coefficient (Wildman–Crippen LogP) is 3.38. The summed E-state index contributed by atoms with van der Waals surface area (Å²) in [5.74, 6) is 1.86. The van der Waals surface area contributed by atoms with E-state index in [0.717, 1.165) is 23.6 Å². The van der Waals surface area contributed by atoms with Gasteiger partial charge < -0.3 is 0 Å². The van der Waals surface area contributed by atoms with Gasteiger partial charge in [-0.25, -0.2) is 4.98 Å². The highest BCUT2D eigenvalue weighted by atomic mass is 15.3. The Morgan fingerprint density at radius 1 is 1.22 bits per heavy atom. The third-order valence-electron chi connectivity index (χ3n) is 2.82. The van der Waals surface area contributed by atoms with Crippen molar-refractivity contribution in [3.8, 4) is 11.4 Å². The minimum Gasteiger partial charge on any atom is -0.252 e. The molecule has 1 aromatic heterocycles. The molecule has 0 radical (unpaired) electrons. The van der Waals surface area contributed by atoms with Gasteiger partial charge in [0, 0.05) is 19.0 Å². The summed E-state index contributed by atoms with van der Waals surface area (Å²) in [6.07, 6.45) is 0.933. The first-order valence-electron chi connectivity index (χ1n) is 6.32. The smallest absolute Gasteiger partial charge is 0.181 e. The molecule has 0 unspecified atom stereocenters. The van der Waals surface area contributed by atoms with E-state index in [-0.39, 0.29) is 5.41 Å². The quantitative estimate of drug-likeness (QED) is 0.809. The molecule has 0 fully saturated rings. The number of aryl methyl sites for hydroxylation is 2. The minimum atomic E-state index is 0.227. The monoisotopic (exact) mass is 243 g/mol. The molecule has 0 amide bonds. The van der Waals surface area contributed by atoms with Gasteiger partial charge >= 0.3 is 0 Å². The Bertz CT molecular complexity index is 547. The molecular formula is C15H21N3. The third-order valence-corrected chi connectivity index (χ3v) is 2.82. The Labute approximate surface area is 109 Å². The molecule has 3 heteroatoms. The van der Waals surface area contributed by atoms with E-state index in [9.17, 15) is 0 Å². The molecule has 2 rings (SSSR count). The van der Waals surface area contributed by atoms with Gasteiger partial charge in [-0.15, -0.1) is 0 Å². The molecule has 0 aliphatic carbocycles. The minimum absolute atomic E-state index is 0.227. The molecule has 2 aromatic rings. The topological polar surface area (TPSA) is 30.7 Å². The molecule has 0 atom stereocenters. The second kappa shape index (κ2) is 4.56. The van der Waals surface area contributed by atoms with Gasteiger partial charge in [-0.1, -0.05) is 44.5 Å². The fraction of sp³-hybridized carbons (Fsp3) is 0.467. The van der Waals surface area contributed by atoms with E-state index in [1.807, 2.05) is 17.8 Å². The number of rotatable bonds is 2. The van der Waals surface area contributed by atoms with Crippen LogP contribution in [-0.4, -0.2) is 14.8 Å². The van der Waals surface area contributed by atoms with Gasteiger partial charge in [0.15, 0.2) is 5.82 Å². The van der Waals surface area contributed by atoms with Crippen LogP contribution in [0.15, 0.2) is 24.3 Å². The van der Waals surface area contributed by atoms with E-state index >= 15 is 0 Å². The van der Waals surface area contributed by atoms with Gasteiger partial charge in [0.1, 0.15) is 5.82 Å². The van der Waals surface area contributed by atoms with Crippen molar-refractivity contribution in [2.24, 2.45) is 12.5 Å². The predicted molar refractivity (Wildman–Crippen MR) is 74.3 cm³/mol. The Balaban J connectivity index is 2.34. The van der Waals surface area contributed by atoms with Crippen LogP contribution in [0.25, 0.3) is 11.4 Å². The summed E-state index contributed by atoms with van der Waals surface area (Å²) >= 11 is 0. The van der Waals surface area contributed by atoms with Gasteiger partial charge in [0.2, 0.25) is 0 Å². The highest BCUT2D eigenvalue weighted by Crippen LogP contribution is 2.22. The Hall–Kier alpha value is -1.64. The Morgan fingerprint density at radius 2 is 1.94 bits per heavy atom. The zero-order valence-electron chi connectivity index (χ0n) is 11.9. The van der Waals surface area contributed by atoms with Crippen molar-refractivity contribution in [2.45, 2.75) is 34.1 Å². The van der Waals surface area contributed by atoms with Gasteiger partial charge in [-0.05, 0) is 18.4 Å². The SMILES string of the molecule is Cc1cccc(-c2nc(CC(C)(C)C)n(C)n2)c1. The molecular weight excluding hydrogens is 222 g/mol. The molecule has 0 spiro atoms. The van der Waals surface area contributed by atoms with E-state index in [0.29, 0.717) is 0 Å². The van der Waals surface area contributed by atoms with Crippen LogP contribution in [0.1, 0.15) is 32.2 Å². The summed E-state index contributed by atoms with van der Waals surface area (Å²) in [4.78, 5) is 4.66. The summed E-state index contributed by atoms with van der Waals surface area (Å²) in [5.41, 5.74) is 2.55. The van der Waals surface area contributed by atoms with Gasteiger partial charge in [-0.2, -0.15) is 5.10 Å². The lowest BCUT2D eigenvalue weighted by Crippen LogP contribution is -2.13. The fourth-order valence-electron chi connectivity index (χ4n) is 1.95. The number of hydrogen-bond donors (Lipinski definition) is 0. The van der Waals surface area contributed by atoms with Crippen molar-refractivity contribution in [1.29, 1.82) is 0 Å². The van der Waals surface area contributed by atoms with Crippen LogP contribution in [0, 0.1) is 12.3 Å². The molecule has 1 aromatic carbocycles. The molecule has 0 aliphatic heterocycles. The molecule has 0 N–H and O–H groups in total. The number of benzene rings is 1. The second-order valence-corrected chi connectivity index (χ2v) is 6.08. The first-order valence-corrected chi connectivity index (χ1v) is 6.32. The lowest BCUT2D eigenvalue weighted by atomic mass is 9.92. The summed E-state index contributed by atoms with van der Waals surface area (Å²) in [7, 11) is 1.97. The normalized spacial score (nSPS) is 11.8. The first-order chi connectivity index (χ1) is 8.35. The summed E-state index contributed by atoms with van der Waals surface area (Å²) < 4.78 is 1.89. The molecule has 1 heterocycles. The highest BCUT2D eigenvalue weighted by molar-refractivity contribution is 5.55. The maximum absolute atomic E-state index is 4.66. The number of nitrogens with zero attached hydrogens (tertiary/aromatic N) is 3. The maximum atomic E-state index is 4.66. The molecule has 0 saturated heterocycles. The third kappa shape index (κ3) is 2.97. The van der Waals surface area contributed by atoms with Gasteiger partial charge in [0.05, 0.1) is 0 Å². The first kappa shape index (κ1) is 12.8. The van der Waals surface area contributed by atoms with Crippen LogP contribution < -0.4 is 0 Å². The fourth-order valence-corrected chi connectivity index (χ4v) is 1.95. The maximum Gasteiger partial charge on any atom is 0.181 e. The standard InChI is InChI=1S/C15H21N3/c1-11-7-6-8-12(9-11)14-16-13(18(5)17-14)10-15(2,3)4/h6-9H,10H2,1-5H3. The lowest BCUT2D eigenvalue weighted by molar-refractivity contribution is 0.392. The van der Waals surface area contributed by atoms with Crippen molar-refractivity contribution in [3.63, 3.8) is 0 Å². The van der Waals surface area contributed by atoms with Crippen LogP contribution in [0.2, 0.25) is 0 Å². The van der Waals surface area contributed by atoms with Crippen LogP contribution in [-0.2, 0) is 13.5 Å². The van der Waals surface area contributed by atoms with Crippen LogP contribution >= 0.6 is 0 Å². The van der Waals surface area contributed by atoms with Crippen molar-refractivity contribution in [2.75, 3.05) is 0 Å². The molecule has 0 bridgehead atoms. The van der Waals surface area contributed by atoms with Crippen molar-refractivity contribution >= 4 is 0 Å². The molecule has 0 aliphatic rings. The zero-order chi connectivity index (χ0) is 13.3. The van der Waals surface area contributed by atoms with Gasteiger partial charge in [0.25, 0.3) is 0 Å². The molecule has 96 valence electrons.